The standard InChI is InChI=1S/C14H19NO3/c1-11(17)18-10-14-7-13(9-16)15(14)8-12-5-3-2-4-6-12/h2-6,13-14,16H,7-10H2,1H3/t13-,14-/m0/s1. The third-order valence-electron chi connectivity index (χ3n) is 3.38. The van der Waals surface area contributed by atoms with Crippen molar-refractivity contribution in [3.05, 3.63) is 35.9 Å². The second kappa shape index (κ2) is 5.98. The molecule has 0 aliphatic carbocycles. The second-order valence-electron chi connectivity index (χ2n) is 4.69. The van der Waals surface area contributed by atoms with E-state index in [1.165, 1.54) is 12.5 Å². The van der Waals surface area contributed by atoms with Crippen LogP contribution >= 0.6 is 0 Å². The van der Waals surface area contributed by atoms with E-state index < -0.39 is 0 Å². The Hall–Kier alpha value is -1.39. The molecule has 0 spiro atoms. The summed E-state index contributed by atoms with van der Waals surface area (Å²) in [5, 5.41) is 9.28. The number of ether oxygens (including phenoxy) is 1. The minimum Gasteiger partial charge on any atom is -0.464 e. The van der Waals surface area contributed by atoms with Crippen LogP contribution in [0.15, 0.2) is 30.3 Å². The van der Waals surface area contributed by atoms with E-state index in [4.69, 9.17) is 4.74 Å². The third-order valence-corrected chi connectivity index (χ3v) is 3.38. The van der Waals surface area contributed by atoms with Gasteiger partial charge in [-0.1, -0.05) is 30.3 Å². The molecule has 0 saturated carbocycles. The second-order valence-corrected chi connectivity index (χ2v) is 4.69. The van der Waals surface area contributed by atoms with Crippen LogP contribution in [0.5, 0.6) is 0 Å². The molecule has 1 aromatic carbocycles. The molecule has 1 fully saturated rings. The zero-order valence-corrected chi connectivity index (χ0v) is 10.6. The number of hydrogen-bond donors (Lipinski definition) is 1. The van der Waals surface area contributed by atoms with Crippen LogP contribution in [-0.4, -0.2) is 41.3 Å². The molecule has 98 valence electrons. The number of aliphatic hydroxyl groups excluding tert-OH is 1. The molecule has 0 radical (unpaired) electrons. The van der Waals surface area contributed by atoms with Gasteiger partial charge in [0.15, 0.2) is 0 Å². The maximum atomic E-state index is 10.8. The fraction of sp³-hybridized carbons (Fsp3) is 0.500. The largest absolute Gasteiger partial charge is 0.464 e. The minimum absolute atomic E-state index is 0.156. The van der Waals surface area contributed by atoms with Crippen LogP contribution in [0, 0.1) is 0 Å². The monoisotopic (exact) mass is 249 g/mol. The zero-order chi connectivity index (χ0) is 13.0. The van der Waals surface area contributed by atoms with Crippen LogP contribution in [0.25, 0.3) is 0 Å². The van der Waals surface area contributed by atoms with Gasteiger partial charge in [-0.3, -0.25) is 9.69 Å². The van der Waals surface area contributed by atoms with Gasteiger partial charge in [-0.2, -0.15) is 0 Å². The summed E-state index contributed by atoms with van der Waals surface area (Å²) >= 11 is 0. The molecule has 2 atom stereocenters. The highest BCUT2D eigenvalue weighted by atomic mass is 16.5. The Morgan fingerprint density at radius 2 is 2.11 bits per heavy atom. The molecule has 2 rings (SSSR count). The summed E-state index contributed by atoms with van der Waals surface area (Å²) in [4.78, 5) is 13.0. The van der Waals surface area contributed by atoms with Crippen LogP contribution in [0.3, 0.4) is 0 Å². The fourth-order valence-corrected chi connectivity index (χ4v) is 2.35. The van der Waals surface area contributed by atoms with Gasteiger partial charge in [-0.05, 0) is 12.0 Å². The van der Waals surface area contributed by atoms with Crippen molar-refractivity contribution in [1.82, 2.24) is 4.90 Å². The van der Waals surface area contributed by atoms with Crippen LogP contribution in [0.4, 0.5) is 0 Å². The summed E-state index contributed by atoms with van der Waals surface area (Å²) in [6, 6.07) is 10.5. The predicted molar refractivity (Wildman–Crippen MR) is 67.9 cm³/mol. The van der Waals surface area contributed by atoms with Gasteiger partial charge in [0.25, 0.3) is 0 Å². The average molecular weight is 249 g/mol. The van der Waals surface area contributed by atoms with Crippen molar-refractivity contribution in [2.24, 2.45) is 0 Å². The van der Waals surface area contributed by atoms with Crippen LogP contribution in [0.2, 0.25) is 0 Å². The Labute approximate surface area is 107 Å². The molecule has 4 nitrogen and oxygen atoms in total. The van der Waals surface area contributed by atoms with Crippen molar-refractivity contribution in [3.63, 3.8) is 0 Å². The number of esters is 1. The number of rotatable bonds is 5. The van der Waals surface area contributed by atoms with E-state index >= 15 is 0 Å². The third kappa shape index (κ3) is 3.09. The molecule has 1 aliphatic heterocycles. The SMILES string of the molecule is CC(=O)OC[C@@H]1C[C@@H](CO)N1Cc1ccccc1. The van der Waals surface area contributed by atoms with Crippen molar-refractivity contribution in [2.45, 2.75) is 32.0 Å². The number of hydrogen-bond acceptors (Lipinski definition) is 4. The predicted octanol–water partition coefficient (Wildman–Crippen LogP) is 1.18. The first-order valence-corrected chi connectivity index (χ1v) is 6.24. The van der Waals surface area contributed by atoms with Crippen molar-refractivity contribution in [1.29, 1.82) is 0 Å². The smallest absolute Gasteiger partial charge is 0.302 e. The van der Waals surface area contributed by atoms with E-state index in [0.717, 1.165) is 13.0 Å². The summed E-state index contributed by atoms with van der Waals surface area (Å²) < 4.78 is 5.04. The number of likely N-dealkylation sites (tertiary alicyclic amines) is 1. The van der Waals surface area contributed by atoms with E-state index in [1.807, 2.05) is 18.2 Å². The number of aliphatic hydroxyl groups is 1. The molecular weight excluding hydrogens is 230 g/mol. The Morgan fingerprint density at radius 1 is 1.39 bits per heavy atom. The van der Waals surface area contributed by atoms with Crippen LogP contribution < -0.4 is 0 Å². The molecule has 18 heavy (non-hydrogen) atoms. The molecule has 4 heteroatoms. The molecule has 0 unspecified atom stereocenters. The fourth-order valence-electron chi connectivity index (χ4n) is 2.35. The summed E-state index contributed by atoms with van der Waals surface area (Å²) in [5.74, 6) is -0.248. The van der Waals surface area contributed by atoms with Crippen molar-refractivity contribution < 1.29 is 14.6 Å². The first kappa shape index (κ1) is 13.1. The lowest BCUT2D eigenvalue weighted by atomic mass is 9.93. The van der Waals surface area contributed by atoms with E-state index in [-0.39, 0.29) is 24.7 Å². The number of carbonyl (C=O) groups excluding carboxylic acids is 1. The highest BCUT2D eigenvalue weighted by Gasteiger charge is 2.38. The molecule has 1 N–H and O–H groups in total. The van der Waals surface area contributed by atoms with Gasteiger partial charge in [-0.25, -0.2) is 0 Å². The van der Waals surface area contributed by atoms with E-state index in [1.54, 1.807) is 0 Å². The maximum Gasteiger partial charge on any atom is 0.302 e. The number of nitrogens with zero attached hydrogens (tertiary/aromatic N) is 1. The molecule has 1 aliphatic rings. The van der Waals surface area contributed by atoms with E-state index in [9.17, 15) is 9.90 Å². The Bertz CT molecular complexity index is 393. The molecule has 1 saturated heterocycles. The minimum atomic E-state index is -0.248. The molecular formula is C14H19NO3. The number of carbonyl (C=O) groups is 1. The van der Waals surface area contributed by atoms with Gasteiger partial charge >= 0.3 is 5.97 Å². The topological polar surface area (TPSA) is 49.8 Å². The van der Waals surface area contributed by atoms with Crippen LogP contribution in [-0.2, 0) is 16.1 Å². The molecule has 0 amide bonds. The number of benzene rings is 1. The Balaban J connectivity index is 1.92. The van der Waals surface area contributed by atoms with E-state index in [2.05, 4.69) is 17.0 Å². The van der Waals surface area contributed by atoms with Crippen molar-refractivity contribution >= 4 is 5.97 Å². The molecule has 1 heterocycles. The van der Waals surface area contributed by atoms with Gasteiger partial charge in [0.05, 0.1) is 6.61 Å². The summed E-state index contributed by atoms with van der Waals surface area (Å²) in [5.41, 5.74) is 1.21. The average Bonchev–Trinajstić information content (AvgIpc) is 2.36. The quantitative estimate of drug-likeness (QED) is 0.796. The van der Waals surface area contributed by atoms with Crippen molar-refractivity contribution in [2.75, 3.05) is 13.2 Å². The van der Waals surface area contributed by atoms with Gasteiger partial charge in [0.1, 0.15) is 6.61 Å². The highest BCUT2D eigenvalue weighted by Crippen LogP contribution is 2.27. The first-order chi connectivity index (χ1) is 8.70. The normalized spacial score (nSPS) is 23.4. The summed E-state index contributed by atoms with van der Waals surface area (Å²) in [7, 11) is 0. The van der Waals surface area contributed by atoms with Gasteiger partial charge in [0, 0.05) is 25.6 Å². The van der Waals surface area contributed by atoms with Gasteiger partial charge in [0.2, 0.25) is 0 Å². The highest BCUT2D eigenvalue weighted by molar-refractivity contribution is 5.65. The maximum absolute atomic E-state index is 10.8. The van der Waals surface area contributed by atoms with Gasteiger partial charge < -0.3 is 9.84 Å². The van der Waals surface area contributed by atoms with Crippen LogP contribution in [0.1, 0.15) is 18.9 Å². The summed E-state index contributed by atoms with van der Waals surface area (Å²) in [6.45, 7) is 2.78. The Kier molecular flexibility index (Phi) is 4.33. The molecule has 0 aromatic heterocycles. The first-order valence-electron chi connectivity index (χ1n) is 6.24. The molecule has 1 aromatic rings. The van der Waals surface area contributed by atoms with E-state index in [0.29, 0.717) is 6.61 Å². The zero-order valence-electron chi connectivity index (χ0n) is 10.6. The van der Waals surface area contributed by atoms with Crippen molar-refractivity contribution in [3.8, 4) is 0 Å². The van der Waals surface area contributed by atoms with Gasteiger partial charge in [-0.15, -0.1) is 0 Å². The molecule has 0 bridgehead atoms. The lowest BCUT2D eigenvalue weighted by Crippen LogP contribution is -2.58. The lowest BCUT2D eigenvalue weighted by molar-refractivity contribution is -0.147. The summed E-state index contributed by atoms with van der Waals surface area (Å²) in [6.07, 6.45) is 0.886. The lowest BCUT2D eigenvalue weighted by Gasteiger charge is -2.47. The Morgan fingerprint density at radius 3 is 2.72 bits per heavy atom.